The van der Waals surface area contributed by atoms with E-state index in [1.165, 1.54) is 4.90 Å². The van der Waals surface area contributed by atoms with Gasteiger partial charge in [0, 0.05) is 15.5 Å². The smallest absolute Gasteiger partial charge is 0.294 e. The number of aliphatic hydroxyl groups is 1. The highest BCUT2D eigenvalue weighted by Gasteiger charge is 2.45. The van der Waals surface area contributed by atoms with Crippen LogP contribution >= 0.6 is 15.9 Å². The topological polar surface area (TPSA) is 80.0 Å². The van der Waals surface area contributed by atoms with Crippen molar-refractivity contribution in [2.24, 2.45) is 0 Å². The van der Waals surface area contributed by atoms with Gasteiger partial charge in [0.15, 0.2) is 11.5 Å². The summed E-state index contributed by atoms with van der Waals surface area (Å²) in [4.78, 5) is 28.7. The molecule has 0 fully saturated rings. The first-order valence-electron chi connectivity index (χ1n) is 11.8. The lowest BCUT2D eigenvalue weighted by molar-refractivity contribution is -0.117. The Bertz CT molecular complexity index is 1540. The number of benzene rings is 3. The lowest BCUT2D eigenvalue weighted by atomic mass is 9.85. The molecule has 0 bridgehead atoms. The van der Waals surface area contributed by atoms with Crippen molar-refractivity contribution in [2.75, 3.05) is 12.0 Å². The molecule has 1 aromatic heterocycles. The number of rotatable bonds is 5. The maximum atomic E-state index is 13.8. The second-order valence-corrected chi connectivity index (χ2v) is 10.9. The van der Waals surface area contributed by atoms with E-state index in [2.05, 4.69) is 36.7 Å². The van der Waals surface area contributed by atoms with E-state index < -0.39 is 23.5 Å². The van der Waals surface area contributed by atoms with Crippen LogP contribution in [0.3, 0.4) is 0 Å². The summed E-state index contributed by atoms with van der Waals surface area (Å²) in [6.45, 7) is 6.35. The zero-order valence-electron chi connectivity index (χ0n) is 20.9. The van der Waals surface area contributed by atoms with Gasteiger partial charge in [0.25, 0.3) is 5.91 Å². The van der Waals surface area contributed by atoms with Crippen LogP contribution in [0.4, 0.5) is 5.69 Å². The van der Waals surface area contributed by atoms with Gasteiger partial charge in [-0.25, -0.2) is 0 Å². The van der Waals surface area contributed by atoms with Gasteiger partial charge in [0.2, 0.25) is 5.78 Å². The van der Waals surface area contributed by atoms with E-state index in [4.69, 9.17) is 9.15 Å². The van der Waals surface area contributed by atoms with Crippen LogP contribution in [-0.2, 0) is 10.2 Å². The number of anilines is 1. The number of halogens is 1. The standard InChI is InChI=1S/C30H26BrNO5/c1-30(2,3)19-7-5-17(6-8-19)26-25(27(33)24-16-18-15-20(31)9-14-23(18)37-24)28(34)29(35)32(26)21-10-12-22(36-4)13-11-21/h5-16,26,34H,1-4H3. The molecule has 0 saturated heterocycles. The van der Waals surface area contributed by atoms with Crippen LogP contribution in [0.1, 0.15) is 48.5 Å². The first kappa shape index (κ1) is 24.8. The molecule has 1 N–H and O–H groups in total. The predicted molar refractivity (Wildman–Crippen MR) is 146 cm³/mol. The molecule has 2 heterocycles. The van der Waals surface area contributed by atoms with Gasteiger partial charge in [-0.05, 0) is 65.1 Å². The maximum absolute atomic E-state index is 13.8. The van der Waals surface area contributed by atoms with E-state index in [-0.39, 0.29) is 16.7 Å². The van der Waals surface area contributed by atoms with Gasteiger partial charge in [0.05, 0.1) is 18.7 Å². The van der Waals surface area contributed by atoms with Crippen molar-refractivity contribution in [3.63, 3.8) is 0 Å². The molecule has 1 amide bonds. The fourth-order valence-electron chi connectivity index (χ4n) is 4.59. The normalized spacial score (nSPS) is 16.1. The summed E-state index contributed by atoms with van der Waals surface area (Å²) in [6, 6.07) is 20.9. The fraction of sp³-hybridized carbons (Fsp3) is 0.200. The van der Waals surface area contributed by atoms with Crippen molar-refractivity contribution in [2.45, 2.75) is 32.2 Å². The highest BCUT2D eigenvalue weighted by molar-refractivity contribution is 9.10. The molecular weight excluding hydrogens is 534 g/mol. The molecule has 1 aliphatic rings. The van der Waals surface area contributed by atoms with E-state index in [1.54, 1.807) is 43.5 Å². The molecule has 0 spiro atoms. The maximum Gasteiger partial charge on any atom is 0.294 e. The Kier molecular flexibility index (Phi) is 6.20. The Labute approximate surface area is 223 Å². The Morgan fingerprint density at radius 1 is 1.00 bits per heavy atom. The van der Waals surface area contributed by atoms with Gasteiger partial charge in [-0.15, -0.1) is 0 Å². The third kappa shape index (κ3) is 4.44. The quantitative estimate of drug-likeness (QED) is 0.260. The van der Waals surface area contributed by atoms with Crippen LogP contribution < -0.4 is 9.64 Å². The van der Waals surface area contributed by atoms with Crippen molar-refractivity contribution in [1.29, 1.82) is 0 Å². The summed E-state index contributed by atoms with van der Waals surface area (Å²) < 4.78 is 11.9. The van der Waals surface area contributed by atoms with Gasteiger partial charge in [0.1, 0.15) is 11.3 Å². The monoisotopic (exact) mass is 559 g/mol. The number of ketones is 1. The highest BCUT2D eigenvalue weighted by atomic mass is 79.9. The number of hydrogen-bond donors (Lipinski definition) is 1. The number of fused-ring (bicyclic) bond motifs is 1. The molecule has 7 heteroatoms. The number of carbonyl (C=O) groups excluding carboxylic acids is 2. The fourth-order valence-corrected chi connectivity index (χ4v) is 4.96. The summed E-state index contributed by atoms with van der Waals surface area (Å²) in [7, 11) is 1.56. The van der Waals surface area contributed by atoms with Crippen LogP contribution in [-0.4, -0.2) is 23.9 Å². The predicted octanol–water partition coefficient (Wildman–Crippen LogP) is 7.28. The second kappa shape index (κ2) is 9.23. The van der Waals surface area contributed by atoms with Crippen LogP contribution in [0.5, 0.6) is 5.75 Å². The summed E-state index contributed by atoms with van der Waals surface area (Å²) in [5.74, 6) is -1.11. The molecule has 0 aliphatic carbocycles. The summed E-state index contributed by atoms with van der Waals surface area (Å²) in [6.07, 6.45) is 0. The molecule has 5 rings (SSSR count). The SMILES string of the molecule is COc1ccc(N2C(=O)C(O)=C(C(=O)c3cc4cc(Br)ccc4o3)C2c2ccc(C(C)(C)C)cc2)cc1. The molecule has 4 aromatic rings. The zero-order valence-corrected chi connectivity index (χ0v) is 22.5. The number of amides is 1. The molecule has 1 atom stereocenters. The number of carbonyl (C=O) groups is 2. The van der Waals surface area contributed by atoms with Crippen molar-refractivity contribution < 1.29 is 23.8 Å². The number of aliphatic hydroxyl groups excluding tert-OH is 1. The minimum Gasteiger partial charge on any atom is -0.503 e. The van der Waals surface area contributed by atoms with E-state index in [0.717, 1.165) is 15.4 Å². The van der Waals surface area contributed by atoms with E-state index in [1.807, 2.05) is 36.4 Å². The number of ether oxygens (including phenoxy) is 1. The number of Topliss-reactive ketones (excluding diaryl/α,β-unsaturated/α-hetero) is 1. The van der Waals surface area contributed by atoms with Crippen LogP contribution in [0, 0.1) is 0 Å². The lowest BCUT2D eigenvalue weighted by Crippen LogP contribution is -2.31. The molecule has 3 aromatic carbocycles. The van der Waals surface area contributed by atoms with Crippen molar-refractivity contribution in [3.05, 3.63) is 105 Å². The zero-order chi connectivity index (χ0) is 26.5. The minimum atomic E-state index is -0.845. The number of furan rings is 1. The summed E-state index contributed by atoms with van der Waals surface area (Å²) in [5, 5.41) is 11.8. The molecule has 188 valence electrons. The average Bonchev–Trinajstić information content (AvgIpc) is 3.41. The molecule has 37 heavy (non-hydrogen) atoms. The molecule has 0 radical (unpaired) electrons. The molecule has 1 unspecified atom stereocenters. The van der Waals surface area contributed by atoms with Crippen LogP contribution in [0.2, 0.25) is 0 Å². The van der Waals surface area contributed by atoms with Crippen molar-refractivity contribution >= 4 is 44.3 Å². The van der Waals surface area contributed by atoms with E-state index in [9.17, 15) is 14.7 Å². The molecule has 0 saturated carbocycles. The first-order valence-corrected chi connectivity index (χ1v) is 12.6. The van der Waals surface area contributed by atoms with Gasteiger partial charge in [-0.3, -0.25) is 14.5 Å². The summed E-state index contributed by atoms with van der Waals surface area (Å²) in [5.41, 5.74) is 2.78. The molecule has 6 nitrogen and oxygen atoms in total. The van der Waals surface area contributed by atoms with Gasteiger partial charge in [-0.2, -0.15) is 0 Å². The third-order valence-corrected chi connectivity index (χ3v) is 7.09. The average molecular weight is 560 g/mol. The van der Waals surface area contributed by atoms with Gasteiger partial charge < -0.3 is 14.3 Å². The van der Waals surface area contributed by atoms with Gasteiger partial charge in [-0.1, -0.05) is 61.0 Å². The highest BCUT2D eigenvalue weighted by Crippen LogP contribution is 2.43. The Morgan fingerprint density at radius 3 is 2.30 bits per heavy atom. The largest absolute Gasteiger partial charge is 0.503 e. The van der Waals surface area contributed by atoms with Gasteiger partial charge >= 0.3 is 0 Å². The first-order chi connectivity index (χ1) is 17.6. The van der Waals surface area contributed by atoms with Crippen molar-refractivity contribution in [3.8, 4) is 5.75 Å². The Balaban J connectivity index is 1.64. The van der Waals surface area contributed by atoms with E-state index >= 15 is 0 Å². The van der Waals surface area contributed by atoms with Crippen LogP contribution in [0.25, 0.3) is 11.0 Å². The number of hydrogen-bond acceptors (Lipinski definition) is 5. The van der Waals surface area contributed by atoms with Crippen molar-refractivity contribution in [1.82, 2.24) is 0 Å². The summed E-state index contributed by atoms with van der Waals surface area (Å²) >= 11 is 3.43. The Hall–Kier alpha value is -3.84. The molecule has 1 aliphatic heterocycles. The molecular formula is C30H26BrNO5. The van der Waals surface area contributed by atoms with E-state index in [0.29, 0.717) is 22.6 Å². The number of nitrogens with zero attached hydrogens (tertiary/aromatic N) is 1. The lowest BCUT2D eigenvalue weighted by Gasteiger charge is -2.28. The number of methoxy groups -OCH3 is 1. The Morgan fingerprint density at radius 2 is 1.68 bits per heavy atom. The van der Waals surface area contributed by atoms with Crippen LogP contribution in [0.15, 0.2) is 93.0 Å². The minimum absolute atomic E-state index is 0.0255. The third-order valence-electron chi connectivity index (χ3n) is 6.60. The second-order valence-electron chi connectivity index (χ2n) is 10.0.